The molecule has 4 N–H and O–H groups in total. The van der Waals surface area contributed by atoms with E-state index in [1.165, 1.54) is 36.7 Å². The summed E-state index contributed by atoms with van der Waals surface area (Å²) in [7, 11) is 0. The van der Waals surface area contributed by atoms with Crippen molar-refractivity contribution < 1.29 is 29.3 Å². The Balaban J connectivity index is 1.57. The summed E-state index contributed by atoms with van der Waals surface area (Å²) >= 11 is 0. The Morgan fingerprint density at radius 2 is 1.11 bits per heavy atom. The molecule has 2 amide bonds. The van der Waals surface area contributed by atoms with Crippen LogP contribution in [-0.2, 0) is 0 Å². The number of benzene rings is 3. The smallest absolute Gasteiger partial charge is 0.271 e. The van der Waals surface area contributed by atoms with E-state index in [1.54, 1.807) is 50.2 Å². The summed E-state index contributed by atoms with van der Waals surface area (Å²) in [5.74, 6) is -0.508. The summed E-state index contributed by atoms with van der Waals surface area (Å²) in [6, 6.07) is 15.8. The van der Waals surface area contributed by atoms with Crippen molar-refractivity contribution in [3.05, 3.63) is 82.9 Å². The minimum Gasteiger partial charge on any atom is -0.504 e. The highest BCUT2D eigenvalue weighted by molar-refractivity contribution is 5.98. The van der Waals surface area contributed by atoms with Gasteiger partial charge in [0.15, 0.2) is 23.0 Å². The molecule has 0 aliphatic rings. The van der Waals surface area contributed by atoms with Gasteiger partial charge in [0.2, 0.25) is 0 Å². The molecule has 3 aromatic carbocycles. The van der Waals surface area contributed by atoms with Crippen molar-refractivity contribution in [2.24, 2.45) is 10.2 Å². The van der Waals surface area contributed by atoms with Crippen LogP contribution >= 0.6 is 0 Å². The SMILES string of the molecule is CCOc1cccc(/C=N/NC(=O)c2ccc(C(=O)N/N=C/c3cccc(OCC)c3O)cc2)c1O. The second-order valence-electron chi connectivity index (χ2n) is 7.23. The van der Waals surface area contributed by atoms with E-state index < -0.39 is 11.8 Å². The molecule has 0 atom stereocenters. The van der Waals surface area contributed by atoms with Crippen LogP contribution in [0.1, 0.15) is 45.7 Å². The summed E-state index contributed by atoms with van der Waals surface area (Å²) in [5, 5.41) is 28.1. The summed E-state index contributed by atoms with van der Waals surface area (Å²) in [6.07, 6.45) is 2.61. The molecule has 3 rings (SSSR count). The summed E-state index contributed by atoms with van der Waals surface area (Å²) in [6.45, 7) is 4.41. The predicted molar refractivity (Wildman–Crippen MR) is 135 cm³/mol. The van der Waals surface area contributed by atoms with Gasteiger partial charge >= 0.3 is 0 Å². The van der Waals surface area contributed by atoms with E-state index in [0.717, 1.165) is 0 Å². The standard InChI is InChI=1S/C26H26N4O6/c1-3-35-21-9-5-7-19(23(21)31)15-27-29-25(33)17-11-13-18(14-12-17)26(34)30-28-16-20-8-6-10-22(24(20)32)36-4-2/h5-16,31-32H,3-4H2,1-2H3,(H,29,33)(H,30,34)/b27-15+,28-16+. The van der Waals surface area contributed by atoms with Gasteiger partial charge in [0, 0.05) is 22.3 Å². The lowest BCUT2D eigenvalue weighted by molar-refractivity contribution is 0.0943. The molecule has 10 nitrogen and oxygen atoms in total. The van der Waals surface area contributed by atoms with Crippen molar-refractivity contribution >= 4 is 24.2 Å². The highest BCUT2D eigenvalue weighted by atomic mass is 16.5. The van der Waals surface area contributed by atoms with Gasteiger partial charge in [-0.05, 0) is 62.4 Å². The summed E-state index contributed by atoms with van der Waals surface area (Å²) in [4.78, 5) is 24.7. The molecule has 186 valence electrons. The van der Waals surface area contributed by atoms with Gasteiger partial charge in [0.05, 0.1) is 25.6 Å². The van der Waals surface area contributed by atoms with E-state index in [-0.39, 0.29) is 22.6 Å². The molecule has 0 unspecified atom stereocenters. The third-order valence-corrected chi connectivity index (χ3v) is 4.81. The third-order valence-electron chi connectivity index (χ3n) is 4.81. The summed E-state index contributed by atoms with van der Waals surface area (Å²) < 4.78 is 10.6. The normalized spacial score (nSPS) is 10.9. The number of nitrogens with one attached hydrogen (secondary N) is 2. The topological polar surface area (TPSA) is 142 Å². The number of hydrogen-bond acceptors (Lipinski definition) is 8. The first kappa shape index (κ1) is 25.8. The monoisotopic (exact) mass is 490 g/mol. The number of carbonyl (C=O) groups excluding carboxylic acids is 2. The maximum absolute atomic E-state index is 12.3. The Labute approximate surface area is 207 Å². The Morgan fingerprint density at radius 3 is 1.47 bits per heavy atom. The summed E-state index contributed by atoms with van der Waals surface area (Å²) in [5.41, 5.74) is 6.05. The fraction of sp³-hybridized carbons (Fsp3) is 0.154. The van der Waals surface area contributed by atoms with Crippen molar-refractivity contribution in [2.75, 3.05) is 13.2 Å². The van der Waals surface area contributed by atoms with Crippen LogP contribution in [0.3, 0.4) is 0 Å². The van der Waals surface area contributed by atoms with Gasteiger partial charge in [0.25, 0.3) is 11.8 Å². The van der Waals surface area contributed by atoms with Crippen LogP contribution in [0.2, 0.25) is 0 Å². The first-order valence-corrected chi connectivity index (χ1v) is 11.1. The maximum Gasteiger partial charge on any atom is 0.271 e. The highest BCUT2D eigenvalue weighted by Crippen LogP contribution is 2.29. The van der Waals surface area contributed by atoms with Crippen molar-refractivity contribution in [3.63, 3.8) is 0 Å². The van der Waals surface area contributed by atoms with Gasteiger partial charge in [0.1, 0.15) is 0 Å². The number of rotatable bonds is 10. The van der Waals surface area contributed by atoms with E-state index in [4.69, 9.17) is 9.47 Å². The number of phenols is 2. The van der Waals surface area contributed by atoms with E-state index >= 15 is 0 Å². The lowest BCUT2D eigenvalue weighted by atomic mass is 10.1. The van der Waals surface area contributed by atoms with E-state index in [9.17, 15) is 19.8 Å². The van der Waals surface area contributed by atoms with Crippen LogP contribution in [0, 0.1) is 0 Å². The molecule has 0 heterocycles. The molecular formula is C26H26N4O6. The molecule has 0 bridgehead atoms. The lowest BCUT2D eigenvalue weighted by Gasteiger charge is -2.07. The number of carbonyl (C=O) groups is 2. The number of amides is 2. The number of aromatic hydroxyl groups is 2. The lowest BCUT2D eigenvalue weighted by Crippen LogP contribution is -2.19. The number of hydrogen-bond donors (Lipinski definition) is 4. The quantitative estimate of drug-likeness (QED) is 0.253. The second kappa shape index (κ2) is 12.6. The van der Waals surface area contributed by atoms with Crippen LogP contribution in [0.15, 0.2) is 70.9 Å². The number of para-hydroxylation sites is 2. The van der Waals surface area contributed by atoms with Gasteiger partial charge in [-0.3, -0.25) is 9.59 Å². The number of nitrogens with zero attached hydrogens (tertiary/aromatic N) is 2. The molecule has 0 aliphatic heterocycles. The van der Waals surface area contributed by atoms with Crippen molar-refractivity contribution in [1.82, 2.24) is 10.9 Å². The van der Waals surface area contributed by atoms with Gasteiger partial charge in [-0.1, -0.05) is 12.1 Å². The molecule has 3 aromatic rings. The zero-order valence-electron chi connectivity index (χ0n) is 19.8. The van der Waals surface area contributed by atoms with Crippen molar-refractivity contribution in [1.29, 1.82) is 0 Å². The highest BCUT2D eigenvalue weighted by Gasteiger charge is 2.10. The molecule has 0 spiro atoms. The maximum atomic E-state index is 12.3. The Hall–Kier alpha value is -4.86. The van der Waals surface area contributed by atoms with Gasteiger partial charge in [-0.15, -0.1) is 0 Å². The Morgan fingerprint density at radius 1 is 0.722 bits per heavy atom. The van der Waals surface area contributed by atoms with Crippen molar-refractivity contribution in [3.8, 4) is 23.0 Å². The molecule has 0 saturated heterocycles. The average Bonchev–Trinajstić information content (AvgIpc) is 2.88. The zero-order chi connectivity index (χ0) is 25.9. The molecule has 0 radical (unpaired) electrons. The second-order valence-corrected chi connectivity index (χ2v) is 7.23. The average molecular weight is 491 g/mol. The Bertz CT molecular complexity index is 1170. The van der Waals surface area contributed by atoms with Crippen LogP contribution < -0.4 is 20.3 Å². The minimum atomic E-state index is -0.499. The zero-order valence-corrected chi connectivity index (χ0v) is 19.8. The molecular weight excluding hydrogens is 464 g/mol. The van der Waals surface area contributed by atoms with E-state index in [2.05, 4.69) is 21.1 Å². The predicted octanol–water partition coefficient (Wildman–Crippen LogP) is 3.42. The van der Waals surface area contributed by atoms with Crippen LogP contribution in [-0.4, -0.2) is 47.7 Å². The van der Waals surface area contributed by atoms with Gasteiger partial charge in [-0.2, -0.15) is 10.2 Å². The minimum absolute atomic E-state index is 0.0763. The Kier molecular flexibility index (Phi) is 8.99. The van der Waals surface area contributed by atoms with E-state index in [1.807, 2.05) is 0 Å². The first-order chi connectivity index (χ1) is 17.4. The van der Waals surface area contributed by atoms with Crippen LogP contribution in [0.25, 0.3) is 0 Å². The van der Waals surface area contributed by atoms with Crippen LogP contribution in [0.4, 0.5) is 0 Å². The fourth-order valence-corrected chi connectivity index (χ4v) is 3.05. The molecule has 0 saturated carbocycles. The number of hydrazone groups is 2. The third kappa shape index (κ3) is 6.60. The number of ether oxygens (including phenoxy) is 2. The largest absolute Gasteiger partial charge is 0.504 e. The first-order valence-electron chi connectivity index (χ1n) is 11.1. The molecule has 10 heteroatoms. The van der Waals surface area contributed by atoms with Crippen molar-refractivity contribution in [2.45, 2.75) is 13.8 Å². The molecule has 0 aromatic heterocycles. The molecule has 36 heavy (non-hydrogen) atoms. The number of phenolic OH excluding ortho intramolecular Hbond substituents is 2. The van der Waals surface area contributed by atoms with Crippen LogP contribution in [0.5, 0.6) is 23.0 Å². The van der Waals surface area contributed by atoms with Gasteiger partial charge in [-0.25, -0.2) is 10.9 Å². The van der Waals surface area contributed by atoms with E-state index in [0.29, 0.717) is 35.8 Å². The van der Waals surface area contributed by atoms with Gasteiger partial charge < -0.3 is 19.7 Å². The molecule has 0 fully saturated rings. The fourth-order valence-electron chi connectivity index (χ4n) is 3.05. The molecule has 0 aliphatic carbocycles.